The first kappa shape index (κ1) is 14.9. The Morgan fingerprint density at radius 3 is 2.81 bits per heavy atom. The Morgan fingerprint density at radius 1 is 1.52 bits per heavy atom. The summed E-state index contributed by atoms with van der Waals surface area (Å²) in [5, 5.41) is 27.7. The number of rotatable bonds is 5. The summed E-state index contributed by atoms with van der Waals surface area (Å²) in [4.78, 5) is 21.7. The molecule has 0 aliphatic carbocycles. The molecule has 0 saturated carbocycles. The average Bonchev–Trinajstić information content (AvgIpc) is 2.82. The lowest BCUT2D eigenvalue weighted by molar-refractivity contribution is -0.384. The highest BCUT2D eigenvalue weighted by molar-refractivity contribution is 6.32. The fraction of sp³-hybridized carbons (Fsp3) is 0.250. The number of carboxylic acids is 1. The van der Waals surface area contributed by atoms with Crippen molar-refractivity contribution in [1.29, 1.82) is 0 Å². The van der Waals surface area contributed by atoms with Crippen molar-refractivity contribution in [2.45, 2.75) is 19.8 Å². The predicted octanol–water partition coefficient (Wildman–Crippen LogP) is 2.48. The molecular weight excluding hydrogens is 300 g/mol. The van der Waals surface area contributed by atoms with E-state index in [4.69, 9.17) is 16.7 Å². The fourth-order valence-corrected chi connectivity index (χ4v) is 2.22. The van der Waals surface area contributed by atoms with Crippen molar-refractivity contribution in [2.75, 3.05) is 0 Å². The van der Waals surface area contributed by atoms with Crippen molar-refractivity contribution in [3.05, 3.63) is 44.7 Å². The minimum Gasteiger partial charge on any atom is -0.476 e. The Bertz CT molecular complexity index is 713. The maximum atomic E-state index is 11.2. The van der Waals surface area contributed by atoms with Gasteiger partial charge in [-0.25, -0.2) is 9.48 Å². The van der Waals surface area contributed by atoms with E-state index in [-0.39, 0.29) is 27.8 Å². The molecule has 0 amide bonds. The molecule has 0 aliphatic heterocycles. The van der Waals surface area contributed by atoms with Crippen LogP contribution in [-0.2, 0) is 6.42 Å². The highest BCUT2D eigenvalue weighted by Crippen LogP contribution is 2.31. The number of nitro groups is 1. The zero-order valence-electron chi connectivity index (χ0n) is 11.0. The number of nitrogens with zero attached hydrogens (tertiary/aromatic N) is 4. The molecule has 8 nitrogen and oxygen atoms in total. The van der Waals surface area contributed by atoms with Gasteiger partial charge in [-0.05, 0) is 12.5 Å². The molecule has 0 spiro atoms. The van der Waals surface area contributed by atoms with Gasteiger partial charge in [0.2, 0.25) is 0 Å². The highest BCUT2D eigenvalue weighted by Gasteiger charge is 2.25. The molecule has 0 fully saturated rings. The quantitative estimate of drug-likeness (QED) is 0.670. The van der Waals surface area contributed by atoms with Crippen molar-refractivity contribution in [2.24, 2.45) is 0 Å². The Kier molecular flexibility index (Phi) is 4.18. The standard InChI is InChI=1S/C12H11ClN4O4/c1-2-4-8-10(12(18)19)14-15-16(8)11-7(13)5-3-6-9(11)17(20)21/h3,5-6H,2,4H2,1H3,(H,18,19). The lowest BCUT2D eigenvalue weighted by Crippen LogP contribution is -2.09. The van der Waals surface area contributed by atoms with Crippen LogP contribution >= 0.6 is 11.6 Å². The lowest BCUT2D eigenvalue weighted by Gasteiger charge is -2.08. The minimum atomic E-state index is -1.24. The Morgan fingerprint density at radius 2 is 2.24 bits per heavy atom. The van der Waals surface area contributed by atoms with Crippen LogP contribution in [0.1, 0.15) is 29.5 Å². The van der Waals surface area contributed by atoms with Crippen LogP contribution in [0, 0.1) is 10.1 Å². The summed E-state index contributed by atoms with van der Waals surface area (Å²) < 4.78 is 1.13. The normalized spacial score (nSPS) is 10.6. The van der Waals surface area contributed by atoms with Crippen LogP contribution in [0.25, 0.3) is 5.69 Å². The van der Waals surface area contributed by atoms with Crippen molar-refractivity contribution < 1.29 is 14.8 Å². The number of hydrogen-bond acceptors (Lipinski definition) is 5. The molecule has 21 heavy (non-hydrogen) atoms. The molecule has 0 radical (unpaired) electrons. The third-order valence-electron chi connectivity index (χ3n) is 2.83. The van der Waals surface area contributed by atoms with Gasteiger partial charge in [-0.15, -0.1) is 5.10 Å². The van der Waals surface area contributed by atoms with E-state index in [0.29, 0.717) is 12.8 Å². The number of nitro benzene ring substituents is 1. The van der Waals surface area contributed by atoms with Gasteiger partial charge in [0.15, 0.2) is 11.4 Å². The second kappa shape index (κ2) is 5.88. The number of carbonyl (C=O) groups is 1. The molecule has 0 atom stereocenters. The third kappa shape index (κ3) is 2.70. The van der Waals surface area contributed by atoms with Crippen LogP contribution in [0.2, 0.25) is 5.02 Å². The van der Waals surface area contributed by atoms with Crippen LogP contribution < -0.4 is 0 Å². The van der Waals surface area contributed by atoms with Gasteiger partial charge in [0.05, 0.1) is 15.6 Å². The predicted molar refractivity (Wildman–Crippen MR) is 74.0 cm³/mol. The van der Waals surface area contributed by atoms with Crippen LogP contribution in [0.5, 0.6) is 0 Å². The van der Waals surface area contributed by atoms with Gasteiger partial charge in [-0.1, -0.05) is 36.2 Å². The molecule has 1 aromatic heterocycles. The molecule has 2 rings (SSSR count). The Labute approximate surface area is 124 Å². The molecule has 0 unspecified atom stereocenters. The molecule has 2 aromatic rings. The average molecular weight is 311 g/mol. The smallest absolute Gasteiger partial charge is 0.358 e. The Hall–Kier alpha value is -2.48. The van der Waals surface area contributed by atoms with Crippen molar-refractivity contribution >= 4 is 23.3 Å². The second-order valence-electron chi connectivity index (χ2n) is 4.22. The van der Waals surface area contributed by atoms with E-state index in [1.54, 1.807) is 0 Å². The van der Waals surface area contributed by atoms with Crippen molar-refractivity contribution in [1.82, 2.24) is 15.0 Å². The van der Waals surface area contributed by atoms with E-state index >= 15 is 0 Å². The lowest BCUT2D eigenvalue weighted by atomic mass is 10.2. The summed E-state index contributed by atoms with van der Waals surface area (Å²) in [5.74, 6) is -1.24. The largest absolute Gasteiger partial charge is 0.476 e. The highest BCUT2D eigenvalue weighted by atomic mass is 35.5. The summed E-state index contributed by atoms with van der Waals surface area (Å²) in [6.45, 7) is 1.85. The van der Waals surface area contributed by atoms with E-state index in [1.165, 1.54) is 18.2 Å². The summed E-state index contributed by atoms with van der Waals surface area (Å²) >= 11 is 6.03. The molecule has 0 aliphatic rings. The monoisotopic (exact) mass is 310 g/mol. The molecular formula is C12H11ClN4O4. The first-order valence-corrected chi connectivity index (χ1v) is 6.46. The number of para-hydroxylation sites is 1. The summed E-state index contributed by atoms with van der Waals surface area (Å²) in [6, 6.07) is 4.19. The number of aromatic carboxylic acids is 1. The van der Waals surface area contributed by atoms with E-state index < -0.39 is 10.9 Å². The molecule has 1 aromatic carbocycles. The van der Waals surface area contributed by atoms with Gasteiger partial charge in [-0.2, -0.15) is 0 Å². The number of halogens is 1. The van der Waals surface area contributed by atoms with E-state index in [2.05, 4.69) is 10.3 Å². The summed E-state index contributed by atoms with van der Waals surface area (Å²) in [7, 11) is 0. The molecule has 1 N–H and O–H groups in total. The van der Waals surface area contributed by atoms with E-state index in [0.717, 1.165) is 4.68 Å². The van der Waals surface area contributed by atoms with Crippen molar-refractivity contribution in [3.63, 3.8) is 0 Å². The van der Waals surface area contributed by atoms with Gasteiger partial charge in [-0.3, -0.25) is 10.1 Å². The second-order valence-corrected chi connectivity index (χ2v) is 4.62. The molecule has 0 saturated heterocycles. The van der Waals surface area contributed by atoms with Crippen LogP contribution in [-0.4, -0.2) is 31.0 Å². The van der Waals surface area contributed by atoms with Gasteiger partial charge in [0, 0.05) is 6.07 Å². The van der Waals surface area contributed by atoms with Gasteiger partial charge in [0.1, 0.15) is 0 Å². The SMILES string of the molecule is CCCc1c(C(=O)O)nnn1-c1c(Cl)cccc1[N+](=O)[O-]. The number of hydrogen-bond donors (Lipinski definition) is 1. The first-order chi connectivity index (χ1) is 9.97. The molecule has 9 heteroatoms. The Balaban J connectivity index is 2.73. The van der Waals surface area contributed by atoms with Crippen molar-refractivity contribution in [3.8, 4) is 5.69 Å². The zero-order chi connectivity index (χ0) is 15.6. The van der Waals surface area contributed by atoms with E-state index in [9.17, 15) is 14.9 Å². The zero-order valence-corrected chi connectivity index (χ0v) is 11.7. The summed E-state index contributed by atoms with van der Waals surface area (Å²) in [5.41, 5.74) is -0.193. The van der Waals surface area contributed by atoms with Gasteiger partial charge >= 0.3 is 5.97 Å². The fourth-order valence-electron chi connectivity index (χ4n) is 1.97. The molecule has 1 heterocycles. The van der Waals surface area contributed by atoms with E-state index in [1.807, 2.05) is 6.92 Å². The number of carboxylic acid groups (broad SMARTS) is 1. The minimum absolute atomic E-state index is 0.0209. The number of aromatic nitrogens is 3. The van der Waals surface area contributed by atoms with Crippen LogP contribution in [0.15, 0.2) is 18.2 Å². The maximum absolute atomic E-state index is 11.2. The molecule has 110 valence electrons. The number of benzene rings is 1. The van der Waals surface area contributed by atoms with Crippen LogP contribution in [0.4, 0.5) is 5.69 Å². The topological polar surface area (TPSA) is 111 Å². The van der Waals surface area contributed by atoms with Gasteiger partial charge < -0.3 is 5.11 Å². The first-order valence-electron chi connectivity index (χ1n) is 6.08. The third-order valence-corrected chi connectivity index (χ3v) is 3.13. The van der Waals surface area contributed by atoms with Crippen LogP contribution in [0.3, 0.4) is 0 Å². The molecule has 0 bridgehead atoms. The summed E-state index contributed by atoms with van der Waals surface area (Å²) in [6.07, 6.45) is 0.989. The maximum Gasteiger partial charge on any atom is 0.358 e. The van der Waals surface area contributed by atoms with Gasteiger partial charge in [0.25, 0.3) is 5.69 Å².